The lowest BCUT2D eigenvalue weighted by Gasteiger charge is -2.29. The number of benzene rings is 1. The van der Waals surface area contributed by atoms with Crippen molar-refractivity contribution in [3.8, 4) is 16.3 Å². The first-order chi connectivity index (χ1) is 17.5. The SMILES string of the molecule is Cc1cnc(-c2cc(OCC3CN(C)CCO3)cc(C(=O)N[C@H](C)c3cnc(C(F)(F)F)nc3)c2Cl)s1. The van der Waals surface area contributed by atoms with Crippen molar-refractivity contribution in [1.82, 2.24) is 25.2 Å². The number of likely N-dealkylation sites (N-methyl/N-ethyl adjacent to an activating group) is 1. The number of amides is 1. The van der Waals surface area contributed by atoms with Crippen LogP contribution in [0.3, 0.4) is 0 Å². The largest absolute Gasteiger partial charge is 0.491 e. The first-order valence-electron chi connectivity index (χ1n) is 11.4. The number of nitrogens with one attached hydrogen (secondary N) is 1. The molecule has 1 amide bonds. The van der Waals surface area contributed by atoms with Gasteiger partial charge in [0.25, 0.3) is 5.91 Å². The van der Waals surface area contributed by atoms with Crippen molar-refractivity contribution < 1.29 is 27.4 Å². The number of aryl methyl sites for hydroxylation is 1. The van der Waals surface area contributed by atoms with Crippen LogP contribution in [-0.4, -0.2) is 65.2 Å². The highest BCUT2D eigenvalue weighted by molar-refractivity contribution is 7.15. The molecule has 4 rings (SSSR count). The fourth-order valence-corrected chi connectivity index (χ4v) is 4.83. The highest BCUT2D eigenvalue weighted by atomic mass is 35.5. The van der Waals surface area contributed by atoms with Crippen LogP contribution < -0.4 is 10.1 Å². The Bertz CT molecular complexity index is 1260. The average molecular weight is 556 g/mol. The number of nitrogens with zero attached hydrogens (tertiary/aromatic N) is 4. The van der Waals surface area contributed by atoms with Gasteiger partial charge in [-0.15, -0.1) is 11.3 Å². The third-order valence-electron chi connectivity index (χ3n) is 5.69. The molecule has 3 heterocycles. The Morgan fingerprint density at radius 3 is 2.65 bits per heavy atom. The van der Waals surface area contributed by atoms with Gasteiger partial charge in [0, 0.05) is 47.7 Å². The molecule has 3 aromatic rings. The molecule has 0 spiro atoms. The zero-order valence-corrected chi connectivity index (χ0v) is 21.9. The van der Waals surface area contributed by atoms with Gasteiger partial charge in [0.2, 0.25) is 5.82 Å². The molecule has 1 N–H and O–H groups in total. The van der Waals surface area contributed by atoms with Gasteiger partial charge in [-0.25, -0.2) is 15.0 Å². The highest BCUT2D eigenvalue weighted by Gasteiger charge is 2.34. The number of hydrogen-bond donors (Lipinski definition) is 1. The number of carbonyl (C=O) groups excluding carboxylic acids is 1. The van der Waals surface area contributed by atoms with Gasteiger partial charge in [0.15, 0.2) is 0 Å². The van der Waals surface area contributed by atoms with Gasteiger partial charge >= 0.3 is 6.18 Å². The molecule has 8 nitrogen and oxygen atoms in total. The average Bonchev–Trinajstić information content (AvgIpc) is 3.28. The monoisotopic (exact) mass is 555 g/mol. The second kappa shape index (κ2) is 11.3. The molecule has 2 atom stereocenters. The smallest absolute Gasteiger partial charge is 0.451 e. The number of aromatic nitrogens is 3. The fourth-order valence-electron chi connectivity index (χ4n) is 3.70. The van der Waals surface area contributed by atoms with Crippen LogP contribution in [0.15, 0.2) is 30.7 Å². The van der Waals surface area contributed by atoms with Gasteiger partial charge in [0.05, 0.1) is 23.2 Å². The molecule has 1 aliphatic rings. The molecule has 1 unspecified atom stereocenters. The number of carbonyl (C=O) groups is 1. The maximum Gasteiger partial charge on any atom is 0.451 e. The number of hydrogen-bond acceptors (Lipinski definition) is 8. The van der Waals surface area contributed by atoms with Crippen LogP contribution >= 0.6 is 22.9 Å². The third kappa shape index (κ3) is 6.75. The van der Waals surface area contributed by atoms with E-state index in [0.29, 0.717) is 35.0 Å². The Balaban J connectivity index is 1.57. The number of alkyl halides is 3. The third-order valence-corrected chi connectivity index (χ3v) is 7.05. The van der Waals surface area contributed by atoms with E-state index in [1.165, 1.54) is 17.4 Å². The molecule has 1 saturated heterocycles. The fraction of sp³-hybridized carbons (Fsp3) is 0.417. The summed E-state index contributed by atoms with van der Waals surface area (Å²) < 4.78 is 50.1. The summed E-state index contributed by atoms with van der Waals surface area (Å²) in [6.45, 7) is 5.97. The summed E-state index contributed by atoms with van der Waals surface area (Å²) in [5.41, 5.74) is 0.984. The maximum absolute atomic E-state index is 13.2. The number of halogens is 4. The Kier molecular flexibility index (Phi) is 8.32. The van der Waals surface area contributed by atoms with E-state index in [2.05, 4.69) is 25.2 Å². The highest BCUT2D eigenvalue weighted by Crippen LogP contribution is 2.37. The van der Waals surface area contributed by atoms with Crippen molar-refractivity contribution >= 4 is 28.8 Å². The van der Waals surface area contributed by atoms with Crippen LogP contribution in [0, 0.1) is 6.92 Å². The molecule has 1 fully saturated rings. The molecule has 0 bridgehead atoms. The predicted molar refractivity (Wildman–Crippen MR) is 133 cm³/mol. The van der Waals surface area contributed by atoms with Gasteiger partial charge in [-0.1, -0.05) is 11.6 Å². The molecule has 37 heavy (non-hydrogen) atoms. The summed E-state index contributed by atoms with van der Waals surface area (Å²) in [4.78, 5) is 27.5. The molecule has 2 aromatic heterocycles. The van der Waals surface area contributed by atoms with E-state index in [1.807, 2.05) is 14.0 Å². The minimum atomic E-state index is -4.65. The van der Waals surface area contributed by atoms with Gasteiger partial charge < -0.3 is 19.7 Å². The molecule has 0 saturated carbocycles. The van der Waals surface area contributed by atoms with E-state index in [0.717, 1.165) is 23.8 Å². The molecule has 1 aromatic carbocycles. The molecular weight excluding hydrogens is 531 g/mol. The lowest BCUT2D eigenvalue weighted by Crippen LogP contribution is -2.42. The Morgan fingerprint density at radius 1 is 1.30 bits per heavy atom. The van der Waals surface area contributed by atoms with Crippen LogP contribution in [0.1, 0.15) is 39.6 Å². The maximum atomic E-state index is 13.2. The second-order valence-electron chi connectivity index (χ2n) is 8.71. The molecule has 1 aliphatic heterocycles. The normalized spacial score (nSPS) is 17.4. The lowest BCUT2D eigenvalue weighted by molar-refractivity contribution is -0.145. The van der Waals surface area contributed by atoms with Crippen molar-refractivity contribution in [2.45, 2.75) is 32.2 Å². The molecule has 198 valence electrons. The number of morpholine rings is 1. The van der Waals surface area contributed by atoms with Crippen LogP contribution in [0.5, 0.6) is 5.75 Å². The van der Waals surface area contributed by atoms with E-state index in [4.69, 9.17) is 21.1 Å². The Morgan fingerprint density at radius 2 is 2.03 bits per heavy atom. The van der Waals surface area contributed by atoms with E-state index in [1.54, 1.807) is 19.2 Å². The Labute approximate surface area is 220 Å². The second-order valence-corrected chi connectivity index (χ2v) is 10.3. The minimum absolute atomic E-state index is 0.128. The van der Waals surface area contributed by atoms with Crippen molar-refractivity contribution in [3.63, 3.8) is 0 Å². The molecule has 0 aliphatic carbocycles. The summed E-state index contributed by atoms with van der Waals surface area (Å²) in [7, 11) is 2.01. The summed E-state index contributed by atoms with van der Waals surface area (Å²) in [6.07, 6.45) is -0.999. The van der Waals surface area contributed by atoms with Gasteiger partial charge in [-0.3, -0.25) is 4.79 Å². The van der Waals surface area contributed by atoms with Crippen LogP contribution in [0.4, 0.5) is 13.2 Å². The van der Waals surface area contributed by atoms with Crippen molar-refractivity contribution in [2.75, 3.05) is 33.4 Å². The van der Waals surface area contributed by atoms with E-state index in [-0.39, 0.29) is 23.3 Å². The zero-order valence-electron chi connectivity index (χ0n) is 20.3. The van der Waals surface area contributed by atoms with Gasteiger partial charge in [-0.05, 0) is 33.0 Å². The summed E-state index contributed by atoms with van der Waals surface area (Å²) in [5, 5.41) is 3.55. The van der Waals surface area contributed by atoms with Crippen molar-refractivity contribution in [2.24, 2.45) is 0 Å². The zero-order chi connectivity index (χ0) is 26.7. The van der Waals surface area contributed by atoms with Gasteiger partial charge in [-0.2, -0.15) is 13.2 Å². The van der Waals surface area contributed by atoms with Crippen molar-refractivity contribution in [1.29, 1.82) is 0 Å². The predicted octanol–water partition coefficient (Wildman–Crippen LogP) is 4.78. The summed E-state index contributed by atoms with van der Waals surface area (Å²) >= 11 is 8.08. The standard InChI is InChI=1S/C24H25ClF3N5O3S/c1-13-8-29-22(37-13)19-7-16(36-12-17-11-33(3)4-5-35-17)6-18(20(19)25)21(34)32-14(2)15-9-30-23(31-10-15)24(26,27)28/h6-10,14,17H,4-5,11-12H2,1-3H3,(H,32,34)/t14-,17?/m1/s1. The molecular formula is C24H25ClF3N5O3S. The first kappa shape index (κ1) is 27.2. The first-order valence-corrected chi connectivity index (χ1v) is 12.6. The summed E-state index contributed by atoms with van der Waals surface area (Å²) in [6, 6.07) is 2.58. The lowest BCUT2D eigenvalue weighted by atomic mass is 10.1. The van der Waals surface area contributed by atoms with Crippen LogP contribution in [0.2, 0.25) is 5.02 Å². The quantitative estimate of drug-likeness (QED) is 0.449. The van der Waals surface area contributed by atoms with Crippen LogP contribution in [-0.2, 0) is 10.9 Å². The van der Waals surface area contributed by atoms with Crippen molar-refractivity contribution in [3.05, 3.63) is 57.6 Å². The molecule has 13 heteroatoms. The number of ether oxygens (including phenoxy) is 2. The summed E-state index contributed by atoms with van der Waals surface area (Å²) in [5.74, 6) is -1.37. The van der Waals surface area contributed by atoms with E-state index < -0.39 is 23.9 Å². The topological polar surface area (TPSA) is 89.5 Å². The number of thiazole rings is 1. The van der Waals surface area contributed by atoms with Gasteiger partial charge in [0.1, 0.15) is 23.5 Å². The Hall–Kier alpha value is -2.80. The van der Waals surface area contributed by atoms with Crippen LogP contribution in [0.25, 0.3) is 10.6 Å². The number of rotatable bonds is 7. The molecule has 0 radical (unpaired) electrons. The van der Waals surface area contributed by atoms with E-state index in [9.17, 15) is 18.0 Å². The van der Waals surface area contributed by atoms with E-state index >= 15 is 0 Å². The minimum Gasteiger partial charge on any atom is -0.491 e.